The molecule has 2 aromatic rings. The lowest BCUT2D eigenvalue weighted by molar-refractivity contribution is -0.117. The van der Waals surface area contributed by atoms with Crippen molar-refractivity contribution < 1.29 is 14.0 Å². The molecule has 6 heteroatoms. The van der Waals surface area contributed by atoms with Crippen molar-refractivity contribution in [1.29, 1.82) is 0 Å². The van der Waals surface area contributed by atoms with Gasteiger partial charge in [-0.25, -0.2) is 5.01 Å². The zero-order chi connectivity index (χ0) is 15.5. The summed E-state index contributed by atoms with van der Waals surface area (Å²) >= 11 is 2.19. The van der Waals surface area contributed by atoms with Gasteiger partial charge in [-0.3, -0.25) is 15.0 Å². The number of hydrogen-bond donors (Lipinski definition) is 1. The molecule has 1 fully saturated rings. The minimum atomic E-state index is -0.372. The fraction of sp³-hybridized carbons (Fsp3) is 0.125. The fourth-order valence-electron chi connectivity index (χ4n) is 2.20. The molecule has 2 amide bonds. The second-order valence-electron chi connectivity index (χ2n) is 4.79. The first-order chi connectivity index (χ1) is 10.6. The van der Waals surface area contributed by atoms with Crippen molar-refractivity contribution in [3.8, 4) is 0 Å². The van der Waals surface area contributed by atoms with Gasteiger partial charge in [0.1, 0.15) is 11.3 Å². The van der Waals surface area contributed by atoms with Gasteiger partial charge in [0.15, 0.2) is 0 Å². The van der Waals surface area contributed by atoms with Crippen LogP contribution >= 0.6 is 22.6 Å². The Morgan fingerprint density at radius 1 is 1.18 bits per heavy atom. The van der Waals surface area contributed by atoms with E-state index in [2.05, 4.69) is 28.0 Å². The maximum absolute atomic E-state index is 12.3. The number of anilines is 1. The number of furan rings is 1. The molecule has 112 valence electrons. The largest absolute Gasteiger partial charge is 0.469 e. The summed E-state index contributed by atoms with van der Waals surface area (Å²) in [6.07, 6.45) is 4.49. The lowest BCUT2D eigenvalue weighted by Gasteiger charge is -2.14. The summed E-state index contributed by atoms with van der Waals surface area (Å²) < 4.78 is 6.29. The molecule has 22 heavy (non-hydrogen) atoms. The molecule has 1 N–H and O–H groups in total. The van der Waals surface area contributed by atoms with Gasteiger partial charge in [0, 0.05) is 9.99 Å². The molecule has 2 heterocycles. The number of rotatable bonds is 4. The molecule has 1 aliphatic heterocycles. The van der Waals surface area contributed by atoms with Crippen LogP contribution in [0.3, 0.4) is 0 Å². The average Bonchev–Trinajstić information content (AvgIpc) is 3.11. The van der Waals surface area contributed by atoms with E-state index in [4.69, 9.17) is 4.42 Å². The molecule has 0 spiro atoms. The SMILES string of the molecule is O=C1NN(c2ccc(I)cc2)C(=O)/C1=C/CCc1ccco1. The molecular formula is C16H13IN2O3. The Hall–Kier alpha value is -2.09. The van der Waals surface area contributed by atoms with E-state index < -0.39 is 0 Å². The lowest BCUT2D eigenvalue weighted by atomic mass is 10.1. The number of aryl methyl sites for hydroxylation is 1. The zero-order valence-electron chi connectivity index (χ0n) is 11.6. The summed E-state index contributed by atoms with van der Waals surface area (Å²) in [5.41, 5.74) is 3.40. The predicted octanol–water partition coefficient (Wildman–Crippen LogP) is 2.82. The smallest absolute Gasteiger partial charge is 0.282 e. The molecule has 0 saturated carbocycles. The van der Waals surface area contributed by atoms with Crippen molar-refractivity contribution in [2.24, 2.45) is 0 Å². The number of carbonyl (C=O) groups excluding carboxylic acids is 2. The standard InChI is InChI=1S/C16H13IN2O3/c17-11-6-8-12(9-7-11)19-16(21)14(15(20)18-19)5-1-3-13-4-2-10-22-13/h2,4-10H,1,3H2,(H,18,20)/b14-5+. The van der Waals surface area contributed by atoms with Crippen molar-refractivity contribution in [2.45, 2.75) is 12.8 Å². The highest BCUT2D eigenvalue weighted by atomic mass is 127. The normalized spacial score (nSPS) is 16.4. The van der Waals surface area contributed by atoms with Gasteiger partial charge in [0.05, 0.1) is 12.0 Å². The van der Waals surface area contributed by atoms with E-state index in [1.54, 1.807) is 24.5 Å². The van der Waals surface area contributed by atoms with Crippen LogP contribution < -0.4 is 10.4 Å². The van der Waals surface area contributed by atoms with E-state index in [0.29, 0.717) is 18.5 Å². The van der Waals surface area contributed by atoms with E-state index in [1.165, 1.54) is 5.01 Å². The fourth-order valence-corrected chi connectivity index (χ4v) is 2.56. The zero-order valence-corrected chi connectivity index (χ0v) is 13.7. The number of hydrazine groups is 1. The molecular weight excluding hydrogens is 395 g/mol. The first-order valence-electron chi connectivity index (χ1n) is 6.79. The maximum atomic E-state index is 12.3. The van der Waals surface area contributed by atoms with Crippen LogP contribution in [0.15, 0.2) is 58.7 Å². The Morgan fingerprint density at radius 2 is 1.95 bits per heavy atom. The molecule has 1 aromatic carbocycles. The minimum absolute atomic E-state index is 0.171. The molecule has 0 radical (unpaired) electrons. The van der Waals surface area contributed by atoms with E-state index in [-0.39, 0.29) is 17.4 Å². The van der Waals surface area contributed by atoms with Crippen LogP contribution in [0.5, 0.6) is 0 Å². The van der Waals surface area contributed by atoms with Crippen LogP contribution in [0.25, 0.3) is 0 Å². The number of nitrogens with zero attached hydrogens (tertiary/aromatic N) is 1. The Morgan fingerprint density at radius 3 is 2.64 bits per heavy atom. The van der Waals surface area contributed by atoms with Gasteiger partial charge < -0.3 is 4.42 Å². The number of carbonyl (C=O) groups is 2. The summed E-state index contributed by atoms with van der Waals surface area (Å²) in [5, 5.41) is 1.27. The predicted molar refractivity (Wildman–Crippen MR) is 89.9 cm³/mol. The number of benzene rings is 1. The average molecular weight is 408 g/mol. The monoisotopic (exact) mass is 408 g/mol. The van der Waals surface area contributed by atoms with E-state index in [1.807, 2.05) is 24.3 Å². The summed E-state index contributed by atoms with van der Waals surface area (Å²) in [7, 11) is 0. The van der Waals surface area contributed by atoms with Crippen molar-refractivity contribution >= 4 is 40.1 Å². The number of amides is 2. The quantitative estimate of drug-likeness (QED) is 0.481. The van der Waals surface area contributed by atoms with Crippen LogP contribution in [-0.4, -0.2) is 11.8 Å². The van der Waals surface area contributed by atoms with Gasteiger partial charge in [0.25, 0.3) is 11.8 Å². The van der Waals surface area contributed by atoms with Crippen LogP contribution in [0.1, 0.15) is 12.2 Å². The summed E-state index contributed by atoms with van der Waals surface area (Å²) in [5.74, 6) is 0.130. The maximum Gasteiger partial charge on any atom is 0.282 e. The van der Waals surface area contributed by atoms with Crippen LogP contribution in [-0.2, 0) is 16.0 Å². The molecule has 1 saturated heterocycles. The molecule has 0 unspecified atom stereocenters. The van der Waals surface area contributed by atoms with E-state index in [0.717, 1.165) is 9.33 Å². The molecule has 0 bridgehead atoms. The van der Waals surface area contributed by atoms with E-state index >= 15 is 0 Å². The number of allylic oxidation sites excluding steroid dienone is 1. The topological polar surface area (TPSA) is 62.6 Å². The number of hydrogen-bond acceptors (Lipinski definition) is 3. The molecule has 1 aromatic heterocycles. The van der Waals surface area contributed by atoms with Gasteiger partial charge in [-0.05, 0) is 65.4 Å². The lowest BCUT2D eigenvalue weighted by Crippen LogP contribution is -2.35. The highest BCUT2D eigenvalue weighted by Crippen LogP contribution is 2.21. The minimum Gasteiger partial charge on any atom is -0.469 e. The van der Waals surface area contributed by atoms with Crippen LogP contribution in [0.2, 0.25) is 0 Å². The third-order valence-corrected chi connectivity index (χ3v) is 4.01. The second-order valence-corrected chi connectivity index (χ2v) is 6.04. The highest BCUT2D eigenvalue weighted by Gasteiger charge is 2.33. The summed E-state index contributed by atoms with van der Waals surface area (Å²) in [6.45, 7) is 0. The summed E-state index contributed by atoms with van der Waals surface area (Å²) in [6, 6.07) is 11.0. The third-order valence-electron chi connectivity index (χ3n) is 3.30. The third kappa shape index (κ3) is 3.06. The Kier molecular flexibility index (Phi) is 4.28. The van der Waals surface area contributed by atoms with Crippen LogP contribution in [0, 0.1) is 3.57 Å². The Labute approximate surface area is 141 Å². The number of nitrogens with one attached hydrogen (secondary N) is 1. The van der Waals surface area contributed by atoms with E-state index in [9.17, 15) is 9.59 Å². The van der Waals surface area contributed by atoms with Gasteiger partial charge in [-0.2, -0.15) is 0 Å². The van der Waals surface area contributed by atoms with Gasteiger partial charge in [-0.1, -0.05) is 6.08 Å². The van der Waals surface area contributed by atoms with Gasteiger partial charge >= 0.3 is 0 Å². The molecule has 5 nitrogen and oxygen atoms in total. The molecule has 0 aliphatic carbocycles. The molecule has 3 rings (SSSR count). The first-order valence-corrected chi connectivity index (χ1v) is 7.86. The summed E-state index contributed by atoms with van der Waals surface area (Å²) in [4.78, 5) is 24.3. The van der Waals surface area contributed by atoms with Crippen molar-refractivity contribution in [3.63, 3.8) is 0 Å². The Bertz CT molecular complexity index is 720. The Balaban J connectivity index is 1.72. The second kappa shape index (κ2) is 6.35. The van der Waals surface area contributed by atoms with Crippen molar-refractivity contribution in [1.82, 2.24) is 5.43 Å². The first kappa shape index (κ1) is 14.8. The van der Waals surface area contributed by atoms with Crippen LogP contribution in [0.4, 0.5) is 5.69 Å². The molecule has 1 aliphatic rings. The van der Waals surface area contributed by atoms with Gasteiger partial charge in [0.2, 0.25) is 0 Å². The van der Waals surface area contributed by atoms with Gasteiger partial charge in [-0.15, -0.1) is 0 Å². The highest BCUT2D eigenvalue weighted by molar-refractivity contribution is 14.1. The van der Waals surface area contributed by atoms with Crippen molar-refractivity contribution in [3.05, 3.63) is 63.6 Å². The van der Waals surface area contributed by atoms with Crippen molar-refractivity contribution in [2.75, 3.05) is 5.01 Å². The number of halogens is 1. The molecule has 0 atom stereocenters.